The van der Waals surface area contributed by atoms with Crippen LogP contribution in [0.5, 0.6) is 0 Å². The first-order chi connectivity index (χ1) is 11.7. The Morgan fingerprint density at radius 3 is 2.96 bits per heavy atom. The van der Waals surface area contributed by atoms with Crippen LogP contribution in [0, 0.1) is 19.8 Å². The highest BCUT2D eigenvalue weighted by atomic mass is 32.1. The maximum Gasteiger partial charge on any atom is 0.0901 e. The number of likely N-dealkylation sites (tertiary alicyclic amines) is 1. The summed E-state index contributed by atoms with van der Waals surface area (Å²) < 4.78 is 11.9. The van der Waals surface area contributed by atoms with Crippen LogP contribution in [-0.2, 0) is 22.6 Å². The highest BCUT2D eigenvalue weighted by Crippen LogP contribution is 2.33. The fourth-order valence-corrected chi connectivity index (χ4v) is 4.31. The Labute approximate surface area is 146 Å². The van der Waals surface area contributed by atoms with Crippen LogP contribution in [0.3, 0.4) is 0 Å². The molecule has 5 nitrogen and oxygen atoms in total. The molecule has 0 unspecified atom stereocenters. The van der Waals surface area contributed by atoms with E-state index in [9.17, 15) is 0 Å². The zero-order chi connectivity index (χ0) is 16.5. The molecule has 0 saturated carbocycles. The van der Waals surface area contributed by atoms with Crippen molar-refractivity contribution in [2.45, 2.75) is 39.1 Å². The van der Waals surface area contributed by atoms with Crippen LogP contribution < -0.4 is 0 Å². The summed E-state index contributed by atoms with van der Waals surface area (Å²) in [6, 6.07) is 6.66. The van der Waals surface area contributed by atoms with Crippen LogP contribution >= 0.6 is 11.3 Å². The molecule has 0 N–H and O–H groups in total. The van der Waals surface area contributed by atoms with Crippen LogP contribution in [0.25, 0.3) is 0 Å². The van der Waals surface area contributed by atoms with Crippen molar-refractivity contribution in [3.8, 4) is 0 Å². The zero-order valence-electron chi connectivity index (χ0n) is 14.1. The van der Waals surface area contributed by atoms with Crippen molar-refractivity contribution in [2.24, 2.45) is 5.92 Å². The van der Waals surface area contributed by atoms with Gasteiger partial charge in [-0.05, 0) is 26.0 Å². The van der Waals surface area contributed by atoms with Gasteiger partial charge in [-0.15, -0.1) is 11.3 Å². The quantitative estimate of drug-likeness (QED) is 0.833. The third kappa shape index (κ3) is 3.37. The lowest BCUT2D eigenvalue weighted by atomic mass is 10.0. The van der Waals surface area contributed by atoms with Gasteiger partial charge in [0.1, 0.15) is 0 Å². The number of aryl methyl sites for hydroxylation is 2. The summed E-state index contributed by atoms with van der Waals surface area (Å²) in [6.45, 7) is 8.06. The first-order valence-corrected chi connectivity index (χ1v) is 9.34. The number of thiazole rings is 1. The first kappa shape index (κ1) is 16.1. The fourth-order valence-electron chi connectivity index (χ4n) is 3.71. The van der Waals surface area contributed by atoms with Gasteiger partial charge >= 0.3 is 0 Å². The predicted molar refractivity (Wildman–Crippen MR) is 92.9 cm³/mol. The predicted octanol–water partition coefficient (Wildman–Crippen LogP) is 2.57. The maximum atomic E-state index is 6.21. The van der Waals surface area contributed by atoms with Crippen LogP contribution in [0.2, 0.25) is 0 Å². The molecule has 2 aromatic heterocycles. The molecule has 0 spiro atoms. The Bertz CT molecular complexity index is 705. The van der Waals surface area contributed by atoms with Gasteiger partial charge < -0.3 is 9.47 Å². The third-order valence-corrected chi connectivity index (χ3v) is 5.70. The second-order valence-corrected chi connectivity index (χ2v) is 7.74. The molecular formula is C18H23N3O2S. The second kappa shape index (κ2) is 6.88. The number of nitrogens with zero attached hydrogens (tertiary/aromatic N) is 3. The van der Waals surface area contributed by atoms with E-state index in [1.54, 1.807) is 11.3 Å². The van der Waals surface area contributed by atoms with Gasteiger partial charge in [-0.3, -0.25) is 9.88 Å². The van der Waals surface area contributed by atoms with Crippen molar-refractivity contribution >= 4 is 11.3 Å². The molecule has 0 radical (unpaired) electrons. The Morgan fingerprint density at radius 2 is 2.17 bits per heavy atom. The van der Waals surface area contributed by atoms with Crippen molar-refractivity contribution in [3.05, 3.63) is 45.7 Å². The molecule has 0 amide bonds. The van der Waals surface area contributed by atoms with E-state index in [0.29, 0.717) is 18.6 Å². The van der Waals surface area contributed by atoms with E-state index < -0.39 is 0 Å². The van der Waals surface area contributed by atoms with E-state index in [2.05, 4.69) is 32.4 Å². The van der Waals surface area contributed by atoms with E-state index in [1.165, 1.54) is 0 Å². The minimum atomic E-state index is 0.212. The monoisotopic (exact) mass is 345 g/mol. The number of pyridine rings is 1. The molecule has 6 heteroatoms. The van der Waals surface area contributed by atoms with Crippen LogP contribution in [0.15, 0.2) is 23.6 Å². The van der Waals surface area contributed by atoms with Crippen molar-refractivity contribution in [1.29, 1.82) is 0 Å². The second-order valence-electron chi connectivity index (χ2n) is 6.68. The van der Waals surface area contributed by atoms with Crippen LogP contribution in [0.4, 0.5) is 0 Å². The lowest BCUT2D eigenvalue weighted by molar-refractivity contribution is 0.00749. The van der Waals surface area contributed by atoms with Crippen molar-refractivity contribution in [3.63, 3.8) is 0 Å². The first-order valence-electron chi connectivity index (χ1n) is 8.46. The molecule has 128 valence electrons. The Morgan fingerprint density at radius 1 is 1.25 bits per heavy atom. The number of hydrogen-bond donors (Lipinski definition) is 0. The third-order valence-electron chi connectivity index (χ3n) is 4.88. The van der Waals surface area contributed by atoms with E-state index in [-0.39, 0.29) is 6.10 Å². The van der Waals surface area contributed by atoms with Crippen molar-refractivity contribution < 1.29 is 9.47 Å². The Hall–Kier alpha value is -1.34. The van der Waals surface area contributed by atoms with Crippen molar-refractivity contribution in [2.75, 3.05) is 19.8 Å². The summed E-state index contributed by atoms with van der Waals surface area (Å²) in [5.41, 5.74) is 3.22. The Balaban J connectivity index is 1.41. The van der Waals surface area contributed by atoms with E-state index in [1.807, 2.05) is 19.9 Å². The molecule has 2 aliphatic rings. The van der Waals surface area contributed by atoms with Gasteiger partial charge in [0.15, 0.2) is 0 Å². The van der Waals surface area contributed by atoms with Crippen molar-refractivity contribution in [1.82, 2.24) is 14.9 Å². The molecule has 4 rings (SSSR count). The molecule has 2 aromatic rings. The number of fused-ring (bicyclic) bond motifs is 1. The molecule has 3 atom stereocenters. The summed E-state index contributed by atoms with van der Waals surface area (Å²) in [7, 11) is 0. The topological polar surface area (TPSA) is 47.5 Å². The normalized spacial score (nSPS) is 26.8. The van der Waals surface area contributed by atoms with Gasteiger partial charge in [0.05, 0.1) is 42.3 Å². The average Bonchev–Trinajstić information content (AvgIpc) is 3.24. The summed E-state index contributed by atoms with van der Waals surface area (Å²) in [6.07, 6.45) is 0.212. The molecule has 2 aliphatic heterocycles. The van der Waals surface area contributed by atoms with Gasteiger partial charge in [-0.1, -0.05) is 6.07 Å². The number of aromatic nitrogens is 2. The summed E-state index contributed by atoms with van der Waals surface area (Å²) in [5, 5.41) is 3.18. The van der Waals surface area contributed by atoms with Gasteiger partial charge in [0.25, 0.3) is 0 Å². The van der Waals surface area contributed by atoms with Crippen LogP contribution in [0.1, 0.15) is 22.1 Å². The highest BCUT2D eigenvalue weighted by Gasteiger charge is 2.46. The minimum absolute atomic E-state index is 0.212. The molecular weight excluding hydrogens is 322 g/mol. The molecule has 2 saturated heterocycles. The fraction of sp³-hybridized carbons (Fsp3) is 0.556. The van der Waals surface area contributed by atoms with Gasteiger partial charge in [0, 0.05) is 36.1 Å². The lowest BCUT2D eigenvalue weighted by Gasteiger charge is -2.21. The van der Waals surface area contributed by atoms with Gasteiger partial charge in [0.2, 0.25) is 0 Å². The molecule has 2 fully saturated rings. The highest BCUT2D eigenvalue weighted by molar-refractivity contribution is 7.09. The Kier molecular flexibility index (Phi) is 4.63. The zero-order valence-corrected chi connectivity index (χ0v) is 15.0. The van der Waals surface area contributed by atoms with Gasteiger partial charge in [-0.25, -0.2) is 4.98 Å². The number of ether oxygens (including phenoxy) is 2. The average molecular weight is 345 g/mol. The van der Waals surface area contributed by atoms with Gasteiger partial charge in [-0.2, -0.15) is 0 Å². The van der Waals surface area contributed by atoms with E-state index >= 15 is 0 Å². The molecule has 0 aliphatic carbocycles. The SMILES string of the molecule is Cc1cccc(CN2C[C@@H](OCc3csc(C)n3)[C@@H]3COC[C@@H]32)n1. The van der Waals surface area contributed by atoms with Crippen LogP contribution in [-0.4, -0.2) is 46.8 Å². The minimum Gasteiger partial charge on any atom is -0.379 e. The number of rotatable bonds is 5. The standard InChI is InChI=1S/C18H23N3O2S/c1-12-4-3-5-14(19-12)6-21-7-18(16-9-22-10-17(16)21)23-8-15-11-24-13(2)20-15/h3-5,11,16-18H,6-10H2,1-2H3/t16-,17+,18-/m1/s1. The number of hydrogen-bond acceptors (Lipinski definition) is 6. The lowest BCUT2D eigenvalue weighted by Crippen LogP contribution is -2.32. The maximum absolute atomic E-state index is 6.21. The summed E-state index contributed by atoms with van der Waals surface area (Å²) >= 11 is 1.68. The van der Waals surface area contributed by atoms with E-state index in [4.69, 9.17) is 9.47 Å². The summed E-state index contributed by atoms with van der Waals surface area (Å²) in [5.74, 6) is 0.453. The largest absolute Gasteiger partial charge is 0.379 e. The smallest absolute Gasteiger partial charge is 0.0901 e. The molecule has 0 bridgehead atoms. The molecule has 0 aromatic carbocycles. The van der Waals surface area contributed by atoms with E-state index in [0.717, 1.165) is 48.4 Å². The molecule has 24 heavy (non-hydrogen) atoms. The molecule has 4 heterocycles. The summed E-state index contributed by atoms with van der Waals surface area (Å²) in [4.78, 5) is 11.6.